The molecule has 0 fully saturated rings. The van der Waals surface area contributed by atoms with Gasteiger partial charge in [0.25, 0.3) is 15.9 Å². The van der Waals surface area contributed by atoms with Crippen LogP contribution in [0, 0.1) is 19.7 Å². The predicted molar refractivity (Wildman–Crippen MR) is 111 cm³/mol. The fourth-order valence-electron chi connectivity index (χ4n) is 2.35. The van der Waals surface area contributed by atoms with Crippen molar-refractivity contribution in [1.29, 1.82) is 0 Å². The molecule has 2 N–H and O–H groups in total. The van der Waals surface area contributed by atoms with Crippen molar-refractivity contribution in [3.63, 3.8) is 0 Å². The summed E-state index contributed by atoms with van der Waals surface area (Å²) in [5, 5.41) is 2.83. The van der Waals surface area contributed by atoms with Gasteiger partial charge in [-0.05, 0) is 61.9 Å². The van der Waals surface area contributed by atoms with Gasteiger partial charge in [-0.15, -0.1) is 0 Å². The second-order valence-corrected chi connectivity index (χ2v) is 9.45. The van der Waals surface area contributed by atoms with E-state index in [9.17, 15) is 17.6 Å². The van der Waals surface area contributed by atoms with Crippen LogP contribution in [0.3, 0.4) is 0 Å². The van der Waals surface area contributed by atoms with Crippen molar-refractivity contribution in [2.45, 2.75) is 18.7 Å². The van der Waals surface area contributed by atoms with Gasteiger partial charge in [-0.25, -0.2) is 17.8 Å². The largest absolute Gasteiger partial charge is 0.321 e. The molecule has 0 aliphatic carbocycles. The summed E-state index contributed by atoms with van der Waals surface area (Å²) in [6.07, 6.45) is 0. The number of aryl methyl sites for hydroxylation is 2. The van der Waals surface area contributed by atoms with Crippen molar-refractivity contribution in [1.82, 2.24) is 4.98 Å². The number of carbonyl (C=O) groups excluding carboxylic acids is 1. The van der Waals surface area contributed by atoms with Gasteiger partial charge in [0, 0.05) is 10.2 Å². The molecule has 0 aliphatic rings. The van der Waals surface area contributed by atoms with E-state index in [2.05, 4.69) is 31.0 Å². The molecule has 1 heterocycles. The van der Waals surface area contributed by atoms with Crippen LogP contribution >= 0.6 is 27.3 Å². The van der Waals surface area contributed by atoms with Gasteiger partial charge in [0.05, 0.1) is 10.6 Å². The van der Waals surface area contributed by atoms with Crippen molar-refractivity contribution < 1.29 is 17.6 Å². The number of aromatic nitrogens is 1. The first-order valence-electron chi connectivity index (χ1n) is 7.99. The van der Waals surface area contributed by atoms with Crippen molar-refractivity contribution >= 4 is 54.0 Å². The standard InChI is InChI=1S/C18H15BrFN3O3S2/c1-10-9-13(5-8-15(10)19)22-17(24)16-11(2)21-18(27-16)23-28(25,26)14-6-3-12(20)4-7-14/h3-9H,1-2H3,(H,21,23)(H,22,24). The third-order valence-electron chi connectivity index (χ3n) is 3.76. The minimum absolute atomic E-state index is 0.0546. The summed E-state index contributed by atoms with van der Waals surface area (Å²) >= 11 is 4.32. The number of hydrogen-bond donors (Lipinski definition) is 2. The van der Waals surface area contributed by atoms with E-state index in [0.29, 0.717) is 11.4 Å². The maximum Gasteiger partial charge on any atom is 0.267 e. The average molecular weight is 484 g/mol. The number of halogens is 2. The van der Waals surface area contributed by atoms with Gasteiger partial charge in [0.1, 0.15) is 10.7 Å². The number of carbonyl (C=O) groups is 1. The summed E-state index contributed by atoms with van der Waals surface area (Å²) in [6.45, 7) is 3.52. The van der Waals surface area contributed by atoms with Gasteiger partial charge in [-0.3, -0.25) is 9.52 Å². The van der Waals surface area contributed by atoms with Crippen molar-refractivity contribution in [2.24, 2.45) is 0 Å². The predicted octanol–water partition coefficient (Wildman–Crippen LogP) is 4.71. The Kier molecular flexibility index (Phi) is 5.82. The molecule has 0 atom stereocenters. The molecule has 1 aromatic heterocycles. The number of rotatable bonds is 5. The highest BCUT2D eigenvalue weighted by atomic mass is 79.9. The number of amides is 1. The maximum atomic E-state index is 13.0. The van der Waals surface area contributed by atoms with Crippen molar-refractivity contribution in [2.75, 3.05) is 10.0 Å². The monoisotopic (exact) mass is 483 g/mol. The Labute approximate surface area is 174 Å². The Bertz CT molecular complexity index is 1150. The zero-order valence-electron chi connectivity index (χ0n) is 14.8. The molecule has 0 saturated carbocycles. The molecule has 0 spiro atoms. The summed E-state index contributed by atoms with van der Waals surface area (Å²) in [5.74, 6) is -0.921. The minimum atomic E-state index is -3.93. The molecule has 0 aliphatic heterocycles. The molecule has 146 valence electrons. The zero-order chi connectivity index (χ0) is 20.5. The molecule has 3 aromatic rings. The van der Waals surface area contributed by atoms with E-state index >= 15 is 0 Å². The van der Waals surface area contributed by atoms with Crippen LogP contribution in [-0.2, 0) is 10.0 Å². The van der Waals surface area contributed by atoms with Crippen LogP contribution < -0.4 is 10.0 Å². The lowest BCUT2D eigenvalue weighted by molar-refractivity contribution is 0.103. The fourth-order valence-corrected chi connectivity index (χ4v) is 4.69. The van der Waals surface area contributed by atoms with Gasteiger partial charge in [-0.1, -0.05) is 27.3 Å². The molecule has 0 saturated heterocycles. The zero-order valence-corrected chi connectivity index (χ0v) is 18.0. The van der Waals surface area contributed by atoms with Crippen LogP contribution in [0.15, 0.2) is 51.8 Å². The lowest BCUT2D eigenvalue weighted by Crippen LogP contribution is -2.12. The lowest BCUT2D eigenvalue weighted by Gasteiger charge is -2.06. The molecule has 0 radical (unpaired) electrons. The third kappa shape index (κ3) is 4.57. The highest BCUT2D eigenvalue weighted by Gasteiger charge is 2.20. The molecule has 2 aromatic carbocycles. The van der Waals surface area contributed by atoms with E-state index in [0.717, 1.165) is 45.6 Å². The van der Waals surface area contributed by atoms with Crippen LogP contribution in [0.1, 0.15) is 20.9 Å². The smallest absolute Gasteiger partial charge is 0.267 e. The molecule has 10 heteroatoms. The van der Waals surface area contributed by atoms with Crippen molar-refractivity contribution in [3.8, 4) is 0 Å². The van der Waals surface area contributed by atoms with Gasteiger partial charge < -0.3 is 5.32 Å². The molecule has 3 rings (SSSR count). The Morgan fingerprint density at radius 3 is 2.46 bits per heavy atom. The molecule has 6 nitrogen and oxygen atoms in total. The number of benzene rings is 2. The van der Waals surface area contributed by atoms with Crippen LogP contribution in [0.2, 0.25) is 0 Å². The van der Waals surface area contributed by atoms with Crippen LogP contribution in [-0.4, -0.2) is 19.3 Å². The summed E-state index contributed by atoms with van der Waals surface area (Å²) in [5.41, 5.74) is 1.98. The first kappa shape index (κ1) is 20.4. The molecule has 1 amide bonds. The highest BCUT2D eigenvalue weighted by molar-refractivity contribution is 9.10. The highest BCUT2D eigenvalue weighted by Crippen LogP contribution is 2.27. The third-order valence-corrected chi connectivity index (χ3v) is 7.21. The Hall–Kier alpha value is -2.30. The minimum Gasteiger partial charge on any atom is -0.321 e. The number of nitrogens with zero attached hydrogens (tertiary/aromatic N) is 1. The molecule has 0 unspecified atom stereocenters. The second-order valence-electron chi connectivity index (χ2n) is 5.91. The van der Waals surface area contributed by atoms with E-state index in [1.807, 2.05) is 19.1 Å². The summed E-state index contributed by atoms with van der Waals surface area (Å²) in [7, 11) is -3.93. The number of anilines is 2. The normalized spacial score (nSPS) is 11.3. The first-order chi connectivity index (χ1) is 13.2. The van der Waals surface area contributed by atoms with Gasteiger partial charge in [-0.2, -0.15) is 0 Å². The topological polar surface area (TPSA) is 88.2 Å². The summed E-state index contributed by atoms with van der Waals surface area (Å²) in [6, 6.07) is 9.82. The SMILES string of the molecule is Cc1cc(NC(=O)c2sc(NS(=O)(=O)c3ccc(F)cc3)nc2C)ccc1Br. The molecule has 28 heavy (non-hydrogen) atoms. The average Bonchev–Trinajstić information content (AvgIpc) is 2.98. The fraction of sp³-hybridized carbons (Fsp3) is 0.111. The van der Waals surface area contributed by atoms with E-state index in [1.54, 1.807) is 13.0 Å². The van der Waals surface area contributed by atoms with Crippen molar-refractivity contribution in [3.05, 3.63) is 68.9 Å². The summed E-state index contributed by atoms with van der Waals surface area (Å²) < 4.78 is 41.0. The van der Waals surface area contributed by atoms with Crippen LogP contribution in [0.25, 0.3) is 0 Å². The van der Waals surface area contributed by atoms with E-state index in [4.69, 9.17) is 0 Å². The summed E-state index contributed by atoms with van der Waals surface area (Å²) in [4.78, 5) is 16.9. The number of sulfonamides is 1. The lowest BCUT2D eigenvalue weighted by atomic mass is 10.2. The number of hydrogen-bond acceptors (Lipinski definition) is 5. The van der Waals surface area contributed by atoms with E-state index in [-0.39, 0.29) is 20.8 Å². The van der Waals surface area contributed by atoms with E-state index < -0.39 is 15.8 Å². The Morgan fingerprint density at radius 1 is 1.14 bits per heavy atom. The second kappa shape index (κ2) is 7.98. The molecule has 0 bridgehead atoms. The Balaban J connectivity index is 1.79. The van der Waals surface area contributed by atoms with Gasteiger partial charge >= 0.3 is 0 Å². The molecular weight excluding hydrogens is 469 g/mol. The van der Waals surface area contributed by atoms with E-state index in [1.165, 1.54) is 0 Å². The Morgan fingerprint density at radius 2 is 1.82 bits per heavy atom. The quantitative estimate of drug-likeness (QED) is 0.549. The van der Waals surface area contributed by atoms with Gasteiger partial charge in [0.2, 0.25) is 0 Å². The van der Waals surface area contributed by atoms with Crippen LogP contribution in [0.5, 0.6) is 0 Å². The maximum absolute atomic E-state index is 13.0. The van der Waals surface area contributed by atoms with Crippen LogP contribution in [0.4, 0.5) is 15.2 Å². The molecular formula is C18H15BrFN3O3S2. The first-order valence-corrected chi connectivity index (χ1v) is 11.1. The number of thiazole rings is 1. The number of nitrogens with one attached hydrogen (secondary N) is 2. The van der Waals surface area contributed by atoms with Gasteiger partial charge in [0.15, 0.2) is 5.13 Å².